The predicted octanol–water partition coefficient (Wildman–Crippen LogP) is 2.61. The van der Waals surface area contributed by atoms with Crippen LogP contribution in [0.15, 0.2) is 12.1 Å². The highest BCUT2D eigenvalue weighted by molar-refractivity contribution is 6.33. The molecule has 2 heterocycles. The summed E-state index contributed by atoms with van der Waals surface area (Å²) in [6, 6.07) is 3.09. The quantitative estimate of drug-likeness (QED) is 0.926. The summed E-state index contributed by atoms with van der Waals surface area (Å²) in [7, 11) is 3.13. The molecule has 0 aliphatic carbocycles. The monoisotopic (exact) mass is 338 g/mol. The smallest absolute Gasteiger partial charge is 0.356 e. The Kier molecular flexibility index (Phi) is 4.04. The fourth-order valence-electron chi connectivity index (χ4n) is 2.50. The Labute approximate surface area is 137 Å². The number of hydrogen-bond donors (Lipinski definition) is 1. The molecule has 122 valence electrons. The van der Waals surface area contributed by atoms with E-state index in [1.54, 1.807) is 13.1 Å². The zero-order valence-corrected chi connectivity index (χ0v) is 13.4. The highest BCUT2D eigenvalue weighted by atomic mass is 35.5. The van der Waals surface area contributed by atoms with Gasteiger partial charge in [0.05, 0.1) is 36.6 Å². The summed E-state index contributed by atoms with van der Waals surface area (Å²) in [5, 5.41) is 13.5. The van der Waals surface area contributed by atoms with Crippen molar-refractivity contribution in [2.45, 2.75) is 6.42 Å². The van der Waals surface area contributed by atoms with Crippen LogP contribution in [-0.2, 0) is 7.05 Å². The maximum Gasteiger partial charge on any atom is 0.356 e. The number of aryl methyl sites for hydroxylation is 1. The number of aromatic nitrogens is 2. The van der Waals surface area contributed by atoms with E-state index in [2.05, 4.69) is 5.10 Å². The number of fused-ring (bicyclic) bond motifs is 1. The van der Waals surface area contributed by atoms with Gasteiger partial charge in [-0.1, -0.05) is 11.6 Å². The van der Waals surface area contributed by atoms with E-state index in [-0.39, 0.29) is 5.69 Å². The minimum atomic E-state index is -1.11. The molecule has 0 saturated heterocycles. The van der Waals surface area contributed by atoms with Crippen molar-refractivity contribution < 1.29 is 24.1 Å². The van der Waals surface area contributed by atoms with Crippen molar-refractivity contribution in [3.05, 3.63) is 22.8 Å². The summed E-state index contributed by atoms with van der Waals surface area (Å²) in [6.45, 7) is 0.995. The van der Waals surface area contributed by atoms with E-state index in [1.807, 2.05) is 0 Å². The molecule has 0 bridgehead atoms. The van der Waals surface area contributed by atoms with Gasteiger partial charge in [0.25, 0.3) is 0 Å². The second-order valence-electron chi connectivity index (χ2n) is 4.99. The van der Waals surface area contributed by atoms with Crippen LogP contribution in [-0.4, -0.2) is 41.2 Å². The first-order valence-corrected chi connectivity index (χ1v) is 7.34. The van der Waals surface area contributed by atoms with Gasteiger partial charge in [0, 0.05) is 19.5 Å². The number of nitrogens with zero attached hydrogens (tertiary/aromatic N) is 2. The molecule has 0 atom stereocenters. The lowest BCUT2D eigenvalue weighted by molar-refractivity contribution is 0.0689. The van der Waals surface area contributed by atoms with E-state index < -0.39 is 5.97 Å². The maximum absolute atomic E-state index is 11.2. The fraction of sp³-hybridized carbons (Fsp3) is 0.333. The zero-order valence-electron chi connectivity index (χ0n) is 12.6. The number of carboxylic acid groups (broad SMARTS) is 1. The average Bonchev–Trinajstić information content (AvgIpc) is 2.74. The van der Waals surface area contributed by atoms with Crippen LogP contribution in [0.25, 0.3) is 11.3 Å². The number of aromatic carboxylic acids is 1. The average molecular weight is 339 g/mol. The standard InChI is InChI=1S/C15H15ClN2O5/c1-18-10(7-9(17-18)15(19)20)12-13(21-2)8(16)6-11-14(12)23-5-3-4-22-11/h6-7H,3-5H2,1-2H3,(H,19,20). The van der Waals surface area contributed by atoms with E-state index in [9.17, 15) is 4.79 Å². The third-order valence-corrected chi connectivity index (χ3v) is 3.79. The lowest BCUT2D eigenvalue weighted by Gasteiger charge is -2.17. The number of halogens is 1. The molecule has 1 N–H and O–H groups in total. The number of carbonyl (C=O) groups is 1. The first-order valence-electron chi connectivity index (χ1n) is 6.96. The lowest BCUT2D eigenvalue weighted by atomic mass is 10.1. The Balaban J connectivity index is 2.28. The van der Waals surface area contributed by atoms with Gasteiger partial charge < -0.3 is 19.3 Å². The second-order valence-corrected chi connectivity index (χ2v) is 5.40. The van der Waals surface area contributed by atoms with Gasteiger partial charge in [-0.2, -0.15) is 5.10 Å². The number of methoxy groups -OCH3 is 1. The molecule has 7 nitrogen and oxygen atoms in total. The van der Waals surface area contributed by atoms with Gasteiger partial charge >= 0.3 is 5.97 Å². The first-order chi connectivity index (χ1) is 11.0. The van der Waals surface area contributed by atoms with E-state index in [0.29, 0.717) is 46.7 Å². The van der Waals surface area contributed by atoms with Gasteiger partial charge in [-0.15, -0.1) is 0 Å². The molecule has 23 heavy (non-hydrogen) atoms. The van der Waals surface area contributed by atoms with Crippen LogP contribution in [0, 0.1) is 0 Å². The summed E-state index contributed by atoms with van der Waals surface area (Å²) >= 11 is 6.28. The van der Waals surface area contributed by atoms with Crippen LogP contribution in [0.2, 0.25) is 5.02 Å². The Morgan fingerprint density at radius 3 is 2.78 bits per heavy atom. The molecule has 0 saturated carbocycles. The van der Waals surface area contributed by atoms with Gasteiger partial charge in [0.2, 0.25) is 0 Å². The van der Waals surface area contributed by atoms with Gasteiger partial charge in [-0.05, 0) is 6.07 Å². The highest BCUT2D eigenvalue weighted by Crippen LogP contribution is 2.49. The van der Waals surface area contributed by atoms with Crippen molar-refractivity contribution in [3.63, 3.8) is 0 Å². The van der Waals surface area contributed by atoms with Gasteiger partial charge in [-0.3, -0.25) is 4.68 Å². The predicted molar refractivity (Wildman–Crippen MR) is 82.8 cm³/mol. The number of benzene rings is 1. The van der Waals surface area contributed by atoms with Crippen LogP contribution in [0.3, 0.4) is 0 Å². The molecule has 0 unspecified atom stereocenters. The van der Waals surface area contributed by atoms with Crippen molar-refractivity contribution in [1.82, 2.24) is 9.78 Å². The Morgan fingerprint density at radius 1 is 1.39 bits per heavy atom. The van der Waals surface area contributed by atoms with Crippen LogP contribution in [0.1, 0.15) is 16.9 Å². The number of carboxylic acids is 1. The molecule has 0 amide bonds. The summed E-state index contributed by atoms with van der Waals surface area (Å²) in [5.41, 5.74) is 0.968. The molecule has 1 aliphatic heterocycles. The molecule has 0 radical (unpaired) electrons. The van der Waals surface area contributed by atoms with Crippen molar-refractivity contribution in [2.24, 2.45) is 7.05 Å². The Bertz CT molecular complexity index is 772. The molecule has 0 spiro atoms. The molecule has 2 aromatic rings. The Morgan fingerprint density at radius 2 is 2.13 bits per heavy atom. The van der Waals surface area contributed by atoms with Crippen LogP contribution < -0.4 is 14.2 Å². The van der Waals surface area contributed by atoms with E-state index >= 15 is 0 Å². The highest BCUT2D eigenvalue weighted by Gasteiger charge is 2.26. The van der Waals surface area contributed by atoms with Gasteiger partial charge in [0.1, 0.15) is 0 Å². The summed E-state index contributed by atoms with van der Waals surface area (Å²) < 4.78 is 18.3. The van der Waals surface area contributed by atoms with Crippen LogP contribution in [0.4, 0.5) is 0 Å². The third kappa shape index (κ3) is 2.68. The van der Waals surface area contributed by atoms with Crippen molar-refractivity contribution in [3.8, 4) is 28.5 Å². The lowest BCUT2D eigenvalue weighted by Crippen LogP contribution is -2.02. The fourth-order valence-corrected chi connectivity index (χ4v) is 2.77. The second kappa shape index (κ2) is 6.00. The summed E-state index contributed by atoms with van der Waals surface area (Å²) in [5.74, 6) is 0.247. The van der Waals surface area contributed by atoms with E-state index in [0.717, 1.165) is 6.42 Å². The molecule has 1 aromatic heterocycles. The van der Waals surface area contributed by atoms with Gasteiger partial charge in [-0.25, -0.2) is 4.79 Å². The van der Waals surface area contributed by atoms with Crippen molar-refractivity contribution >= 4 is 17.6 Å². The first kappa shape index (κ1) is 15.5. The molecular weight excluding hydrogens is 324 g/mol. The third-order valence-electron chi connectivity index (χ3n) is 3.50. The number of hydrogen-bond acceptors (Lipinski definition) is 5. The van der Waals surface area contributed by atoms with Gasteiger partial charge in [0.15, 0.2) is 22.9 Å². The minimum Gasteiger partial charge on any atom is -0.494 e. The normalized spacial score (nSPS) is 13.5. The molecule has 1 aliphatic rings. The van der Waals surface area contributed by atoms with E-state index in [1.165, 1.54) is 17.9 Å². The SMILES string of the molecule is COc1c(Cl)cc2c(c1-c1cc(C(=O)O)nn1C)OCCCO2. The van der Waals surface area contributed by atoms with Crippen molar-refractivity contribution in [1.29, 1.82) is 0 Å². The topological polar surface area (TPSA) is 82.8 Å². The summed E-state index contributed by atoms with van der Waals surface area (Å²) in [6.07, 6.45) is 0.736. The molecule has 8 heteroatoms. The Hall–Kier alpha value is -2.41. The maximum atomic E-state index is 11.2. The molecular formula is C15H15ClN2O5. The van der Waals surface area contributed by atoms with E-state index in [4.69, 9.17) is 30.9 Å². The molecule has 1 aromatic carbocycles. The molecule has 0 fully saturated rings. The minimum absolute atomic E-state index is 0.0761. The number of rotatable bonds is 3. The van der Waals surface area contributed by atoms with Crippen LogP contribution in [0.5, 0.6) is 17.2 Å². The zero-order chi connectivity index (χ0) is 16.6. The molecule has 3 rings (SSSR count). The van der Waals surface area contributed by atoms with Crippen molar-refractivity contribution in [2.75, 3.05) is 20.3 Å². The largest absolute Gasteiger partial charge is 0.494 e. The number of ether oxygens (including phenoxy) is 3. The van der Waals surface area contributed by atoms with Crippen LogP contribution >= 0.6 is 11.6 Å². The summed E-state index contributed by atoms with van der Waals surface area (Å²) in [4.78, 5) is 11.2.